The molecule has 11 heteroatoms. The maximum Gasteiger partial charge on any atom is 0.403 e. The molecule has 34 heavy (non-hydrogen) atoms. The van der Waals surface area contributed by atoms with Gasteiger partial charge in [0.15, 0.2) is 5.69 Å². The fraction of sp³-hybridized carbons (Fsp3) is 0.261. The van der Waals surface area contributed by atoms with E-state index in [1.54, 1.807) is 35.0 Å². The lowest BCUT2D eigenvalue weighted by Crippen LogP contribution is -2.28. The van der Waals surface area contributed by atoms with Crippen molar-refractivity contribution in [3.63, 3.8) is 0 Å². The van der Waals surface area contributed by atoms with Crippen molar-refractivity contribution in [1.29, 1.82) is 0 Å². The average Bonchev–Trinajstić information content (AvgIpc) is 3.32. The van der Waals surface area contributed by atoms with Crippen LogP contribution in [0.1, 0.15) is 31.2 Å². The summed E-state index contributed by atoms with van der Waals surface area (Å²) in [7, 11) is 0. The van der Waals surface area contributed by atoms with Gasteiger partial charge in [0.05, 0.1) is 16.4 Å². The van der Waals surface area contributed by atoms with Crippen LogP contribution in [0.15, 0.2) is 46.9 Å². The molecule has 2 heterocycles. The molecule has 1 aliphatic carbocycles. The van der Waals surface area contributed by atoms with Gasteiger partial charge in [-0.15, -0.1) is 10.2 Å². The molecule has 2 aromatic carbocycles. The van der Waals surface area contributed by atoms with Gasteiger partial charge in [-0.05, 0) is 49.6 Å². The van der Waals surface area contributed by atoms with Gasteiger partial charge in [-0.3, -0.25) is 0 Å². The molecule has 0 saturated heterocycles. The Morgan fingerprint density at radius 3 is 2.26 bits per heavy atom. The van der Waals surface area contributed by atoms with Crippen LogP contribution in [0.4, 0.5) is 13.2 Å². The van der Waals surface area contributed by atoms with E-state index < -0.39 is 17.5 Å². The Hall–Kier alpha value is -2.55. The quantitative estimate of drug-likeness (QED) is 0.267. The van der Waals surface area contributed by atoms with E-state index in [9.17, 15) is 13.2 Å². The van der Waals surface area contributed by atoms with Gasteiger partial charge >= 0.3 is 6.18 Å². The predicted molar refractivity (Wildman–Crippen MR) is 124 cm³/mol. The first-order chi connectivity index (χ1) is 16.1. The minimum absolute atomic E-state index is 0.0797. The largest absolute Gasteiger partial charge is 0.418 e. The Balaban J connectivity index is 1.71. The Bertz CT molecular complexity index is 1380. The van der Waals surface area contributed by atoms with E-state index >= 15 is 0 Å². The number of nitrogens with zero attached hydrogens (tertiary/aromatic N) is 4. The second-order valence-corrected chi connectivity index (χ2v) is 9.32. The molecule has 5 nitrogen and oxygen atoms in total. The molecule has 0 bridgehead atoms. The Kier molecular flexibility index (Phi) is 5.66. The monoisotopic (exact) mass is 526 g/mol. The molecule has 2 aromatic heterocycles. The van der Waals surface area contributed by atoms with Crippen LogP contribution < -0.4 is 0 Å². The van der Waals surface area contributed by atoms with E-state index in [4.69, 9.17) is 39.2 Å². The topological polar surface area (TPSA) is 56.7 Å². The molecule has 1 saturated carbocycles. The normalized spacial score (nSPS) is 15.0. The van der Waals surface area contributed by atoms with Crippen LogP contribution in [0.2, 0.25) is 15.1 Å². The molecule has 1 fully saturated rings. The van der Waals surface area contributed by atoms with E-state index in [-0.39, 0.29) is 24.4 Å². The molecular weight excluding hydrogens is 512 g/mol. The maximum atomic E-state index is 13.6. The van der Waals surface area contributed by atoms with E-state index in [0.717, 1.165) is 5.56 Å². The zero-order valence-corrected chi connectivity index (χ0v) is 19.9. The summed E-state index contributed by atoms with van der Waals surface area (Å²) in [5.41, 5.74) is 0.905. The summed E-state index contributed by atoms with van der Waals surface area (Å²) in [5.74, 6) is -0.523. The molecule has 0 unspecified atom stereocenters. The van der Waals surface area contributed by atoms with Gasteiger partial charge in [0.2, 0.25) is 5.89 Å². The van der Waals surface area contributed by atoms with Crippen molar-refractivity contribution < 1.29 is 17.6 Å². The zero-order valence-electron chi connectivity index (χ0n) is 17.6. The van der Waals surface area contributed by atoms with Crippen molar-refractivity contribution in [2.45, 2.75) is 37.8 Å². The molecule has 5 rings (SSSR count). The van der Waals surface area contributed by atoms with Crippen LogP contribution in [0.5, 0.6) is 0 Å². The molecule has 0 aliphatic heterocycles. The second kappa shape index (κ2) is 8.29. The molecule has 0 radical (unpaired) electrons. The SMILES string of the molecule is CCc1c(-c2nnc(C3(C(F)(F)F)CC3)o2)nn(-c2ccc(Cl)cc2Cl)c1-c1ccc(Cl)cc1. The summed E-state index contributed by atoms with van der Waals surface area (Å²) in [6.45, 7) is 1.91. The van der Waals surface area contributed by atoms with Crippen molar-refractivity contribution in [2.75, 3.05) is 0 Å². The third kappa shape index (κ3) is 3.78. The first-order valence-electron chi connectivity index (χ1n) is 10.4. The molecule has 0 amide bonds. The number of hydrogen-bond acceptors (Lipinski definition) is 4. The summed E-state index contributed by atoms with van der Waals surface area (Å²) in [6.07, 6.45) is -4.14. The summed E-state index contributed by atoms with van der Waals surface area (Å²) >= 11 is 18.6. The number of hydrogen-bond donors (Lipinski definition) is 0. The summed E-state index contributed by atoms with van der Waals surface area (Å²) < 4.78 is 47.9. The van der Waals surface area contributed by atoms with Crippen molar-refractivity contribution in [3.05, 3.63) is 69.0 Å². The Labute approximate surface area is 207 Å². The highest BCUT2D eigenvalue weighted by Crippen LogP contribution is 2.58. The third-order valence-corrected chi connectivity index (χ3v) is 6.71. The first kappa shape index (κ1) is 23.2. The fourth-order valence-electron chi connectivity index (χ4n) is 3.94. The lowest BCUT2D eigenvalue weighted by molar-refractivity contribution is -0.165. The maximum absolute atomic E-state index is 13.6. The highest BCUT2D eigenvalue weighted by Gasteiger charge is 2.68. The number of halogens is 6. The van der Waals surface area contributed by atoms with Crippen molar-refractivity contribution in [3.8, 4) is 28.5 Å². The van der Waals surface area contributed by atoms with Crippen molar-refractivity contribution >= 4 is 34.8 Å². The summed E-state index contributed by atoms with van der Waals surface area (Å²) in [5, 5.41) is 13.7. The number of benzene rings is 2. The van der Waals surface area contributed by atoms with Crippen LogP contribution in [-0.2, 0) is 11.8 Å². The lowest BCUT2D eigenvalue weighted by atomic mass is 10.0. The number of alkyl halides is 3. The minimum Gasteiger partial charge on any atom is -0.418 e. The van der Waals surface area contributed by atoms with Crippen molar-refractivity contribution in [2.24, 2.45) is 0 Å². The summed E-state index contributed by atoms with van der Waals surface area (Å²) in [4.78, 5) is 0. The number of rotatable bonds is 5. The van der Waals surface area contributed by atoms with Gasteiger partial charge in [-0.1, -0.05) is 53.9 Å². The van der Waals surface area contributed by atoms with Crippen molar-refractivity contribution in [1.82, 2.24) is 20.0 Å². The van der Waals surface area contributed by atoms with Crippen LogP contribution in [-0.4, -0.2) is 26.2 Å². The second-order valence-electron chi connectivity index (χ2n) is 8.04. The average molecular weight is 528 g/mol. The minimum atomic E-state index is -4.46. The predicted octanol–water partition coefficient (Wildman–Crippen LogP) is 7.71. The number of aromatic nitrogens is 4. The molecule has 0 atom stereocenters. The van der Waals surface area contributed by atoms with Crippen LogP contribution in [0, 0.1) is 0 Å². The first-order valence-corrected chi connectivity index (χ1v) is 11.5. The van der Waals surface area contributed by atoms with E-state index in [1.807, 2.05) is 19.1 Å². The Morgan fingerprint density at radius 1 is 1.00 bits per heavy atom. The van der Waals surface area contributed by atoms with Crippen LogP contribution >= 0.6 is 34.8 Å². The van der Waals surface area contributed by atoms with E-state index in [0.29, 0.717) is 38.4 Å². The van der Waals surface area contributed by atoms with Gasteiger partial charge in [0.25, 0.3) is 5.89 Å². The molecule has 1 aliphatic rings. The van der Waals surface area contributed by atoms with Gasteiger partial charge in [-0.2, -0.15) is 18.3 Å². The van der Waals surface area contributed by atoms with Crippen LogP contribution in [0.25, 0.3) is 28.5 Å². The molecule has 0 N–H and O–H groups in total. The van der Waals surface area contributed by atoms with Gasteiger partial charge < -0.3 is 4.42 Å². The third-order valence-electron chi connectivity index (χ3n) is 5.92. The highest BCUT2D eigenvalue weighted by molar-refractivity contribution is 6.35. The van der Waals surface area contributed by atoms with E-state index in [1.165, 1.54) is 0 Å². The molecule has 0 spiro atoms. The summed E-state index contributed by atoms with van der Waals surface area (Å²) in [6, 6.07) is 12.1. The molecule has 176 valence electrons. The standard InChI is InChI=1S/C23H16Cl3F3N4O/c1-2-15-18(20-30-31-21(34-20)22(9-10-22)23(27,28)29)32-33(17-8-7-14(25)11-16(17)26)19(15)12-3-5-13(24)6-4-12/h3-8,11H,2,9-10H2,1H3. The van der Waals surface area contributed by atoms with Gasteiger partial charge in [0, 0.05) is 21.2 Å². The molecule has 4 aromatic rings. The molecular formula is C23H16Cl3F3N4O. The van der Waals surface area contributed by atoms with E-state index in [2.05, 4.69) is 15.3 Å². The van der Waals surface area contributed by atoms with Gasteiger partial charge in [0.1, 0.15) is 5.41 Å². The highest BCUT2D eigenvalue weighted by atomic mass is 35.5. The van der Waals surface area contributed by atoms with Crippen LogP contribution in [0.3, 0.4) is 0 Å². The zero-order chi connectivity index (χ0) is 24.3. The smallest absolute Gasteiger partial charge is 0.403 e. The Morgan fingerprint density at radius 2 is 1.68 bits per heavy atom. The lowest BCUT2D eigenvalue weighted by Gasteiger charge is -2.14. The fourth-order valence-corrected chi connectivity index (χ4v) is 4.56. The van der Waals surface area contributed by atoms with Gasteiger partial charge in [-0.25, -0.2) is 4.68 Å².